The Kier molecular flexibility index (Phi) is 42.5. The zero-order valence-electron chi connectivity index (χ0n) is 50.7. The molecular weight excluding hydrogens is 1060 g/mol. The summed E-state index contributed by atoms with van der Waals surface area (Å²) in [6.45, 7) is 1.72. The van der Waals surface area contributed by atoms with E-state index in [1.165, 1.54) is 161 Å². The van der Waals surface area contributed by atoms with Crippen LogP contribution in [0, 0.1) is 0 Å². The van der Waals surface area contributed by atoms with Crippen LogP contribution in [0.25, 0.3) is 0 Å². The number of hydrogen-bond donors (Lipinski definition) is 12. The third-order valence-electron chi connectivity index (χ3n) is 16.8. The van der Waals surface area contributed by atoms with Crippen LogP contribution in [0.15, 0.2) is 12.2 Å². The van der Waals surface area contributed by atoms with Crippen LogP contribution in [-0.4, -0.2) is 193 Å². The molecule has 0 bridgehead atoms. The Morgan fingerprint density at radius 1 is 0.427 bits per heavy atom. The number of aliphatic hydroxyl groups is 11. The topological polar surface area (TPSA) is 307 Å². The van der Waals surface area contributed by atoms with E-state index in [2.05, 4.69) is 31.3 Å². The zero-order chi connectivity index (χ0) is 59.7. The molecule has 0 saturated carbocycles. The summed E-state index contributed by atoms with van der Waals surface area (Å²) in [6.07, 6.45) is 22.4. The van der Waals surface area contributed by atoms with E-state index in [1.54, 1.807) is 0 Å². The second kappa shape index (κ2) is 46.7. The monoisotopic (exact) mass is 1180 g/mol. The Bertz CT molecular complexity index is 1550. The summed E-state index contributed by atoms with van der Waals surface area (Å²) in [5.41, 5.74) is 0. The highest BCUT2D eigenvalue weighted by molar-refractivity contribution is 5.76. The molecule has 3 aliphatic heterocycles. The Balaban J connectivity index is 1.30. The molecule has 17 unspecified atom stereocenters. The molecular formula is C63H119NO18. The predicted octanol–water partition coefficient (Wildman–Crippen LogP) is 7.33. The van der Waals surface area contributed by atoms with E-state index in [9.17, 15) is 61.0 Å². The minimum absolute atomic E-state index is 0.244. The quantitative estimate of drug-likeness (QED) is 0.0210. The van der Waals surface area contributed by atoms with Gasteiger partial charge in [0, 0.05) is 6.42 Å². The summed E-state index contributed by atoms with van der Waals surface area (Å²) in [7, 11) is 0. The van der Waals surface area contributed by atoms with E-state index in [4.69, 9.17) is 28.4 Å². The van der Waals surface area contributed by atoms with E-state index in [1.807, 2.05) is 0 Å². The number of nitrogens with one attached hydrogen (secondary N) is 1. The molecule has 12 N–H and O–H groups in total. The number of amides is 1. The van der Waals surface area contributed by atoms with Gasteiger partial charge in [0.1, 0.15) is 73.2 Å². The highest BCUT2D eigenvalue weighted by Gasteiger charge is 2.53. The predicted molar refractivity (Wildman–Crippen MR) is 314 cm³/mol. The molecule has 0 aliphatic carbocycles. The number of hydrogen-bond acceptors (Lipinski definition) is 18. The normalized spacial score (nSPS) is 29.6. The van der Waals surface area contributed by atoms with Crippen molar-refractivity contribution in [2.75, 3.05) is 26.4 Å². The summed E-state index contributed by atoms with van der Waals surface area (Å²) < 4.78 is 34.2. The SMILES string of the molecule is CCCCCCCCCC/C=C\CCCCCCCCCCCCCCCCCCCCCC(=O)NC(COC1OC(CO)C(OC2OC(CO)C(OC3OC(CO)C(O)C(O)C3O)C(O)C2O)C(O)C1O)C(O)CCCCCCCC. The maximum Gasteiger partial charge on any atom is 0.220 e. The first kappa shape index (κ1) is 74.8. The van der Waals surface area contributed by atoms with Gasteiger partial charge in [-0.25, -0.2) is 0 Å². The van der Waals surface area contributed by atoms with Crippen molar-refractivity contribution >= 4 is 5.91 Å². The summed E-state index contributed by atoms with van der Waals surface area (Å²) in [4.78, 5) is 13.3. The van der Waals surface area contributed by atoms with Crippen molar-refractivity contribution in [2.45, 2.75) is 356 Å². The Morgan fingerprint density at radius 2 is 0.768 bits per heavy atom. The summed E-state index contributed by atoms with van der Waals surface area (Å²) >= 11 is 0. The molecule has 0 aromatic carbocycles. The van der Waals surface area contributed by atoms with Crippen molar-refractivity contribution in [3.8, 4) is 0 Å². The average Bonchev–Trinajstić information content (AvgIpc) is 3.60. The third kappa shape index (κ3) is 29.5. The highest BCUT2D eigenvalue weighted by atomic mass is 16.8. The lowest BCUT2D eigenvalue weighted by atomic mass is 9.96. The van der Waals surface area contributed by atoms with Crippen LogP contribution < -0.4 is 5.32 Å². The van der Waals surface area contributed by atoms with Gasteiger partial charge in [-0.15, -0.1) is 0 Å². The molecule has 17 atom stereocenters. The first-order valence-electron chi connectivity index (χ1n) is 32.9. The van der Waals surface area contributed by atoms with Crippen LogP contribution in [0.4, 0.5) is 0 Å². The lowest BCUT2D eigenvalue weighted by Gasteiger charge is -2.48. The fraction of sp³-hybridized carbons (Fsp3) is 0.952. The number of allylic oxidation sites excluding steroid dienone is 2. The average molecular weight is 1180 g/mol. The largest absolute Gasteiger partial charge is 0.394 e. The van der Waals surface area contributed by atoms with E-state index >= 15 is 0 Å². The summed E-state index contributed by atoms with van der Waals surface area (Å²) in [6, 6.07) is -0.879. The summed E-state index contributed by atoms with van der Waals surface area (Å²) in [5, 5.41) is 120. The van der Waals surface area contributed by atoms with Gasteiger partial charge < -0.3 is 89.9 Å². The third-order valence-corrected chi connectivity index (χ3v) is 16.8. The molecule has 1 amide bonds. The van der Waals surface area contributed by atoms with E-state index in [0.717, 1.165) is 57.8 Å². The molecule has 3 fully saturated rings. The number of carbonyl (C=O) groups is 1. The molecule has 82 heavy (non-hydrogen) atoms. The second-order valence-electron chi connectivity index (χ2n) is 23.9. The molecule has 3 aliphatic rings. The van der Waals surface area contributed by atoms with Crippen LogP contribution in [0.2, 0.25) is 0 Å². The van der Waals surface area contributed by atoms with Gasteiger partial charge in [0.15, 0.2) is 18.9 Å². The van der Waals surface area contributed by atoms with E-state index < -0.39 is 124 Å². The molecule has 19 heteroatoms. The standard InChI is InChI=1S/C63H119NO18/c1-3-5-7-9-11-12-13-14-15-16-17-18-19-20-21-22-23-24-25-26-27-28-29-30-31-32-33-34-35-37-39-41-51(69)64-46(47(68)40-38-36-10-8-6-4-2)45-77-61-57(75)54(72)59(49(43-66)79-61)82-63-58(76)55(73)60(50(44-67)80-63)81-62-56(74)53(71)52(70)48(42-65)78-62/h16-17,46-50,52-63,65-68,70-76H,3-15,18-45H2,1-2H3,(H,64,69)/b17-16-. The number of ether oxygens (including phenoxy) is 6. The van der Waals surface area contributed by atoms with Crippen molar-refractivity contribution in [1.82, 2.24) is 5.32 Å². The van der Waals surface area contributed by atoms with Crippen molar-refractivity contribution in [3.05, 3.63) is 12.2 Å². The maximum absolute atomic E-state index is 13.3. The molecule has 0 spiro atoms. The van der Waals surface area contributed by atoms with Gasteiger partial charge in [-0.1, -0.05) is 219 Å². The Hall–Kier alpha value is -1.47. The molecule has 0 aromatic heterocycles. The van der Waals surface area contributed by atoms with Crippen molar-refractivity contribution < 1.29 is 89.4 Å². The minimum Gasteiger partial charge on any atom is -0.394 e. The van der Waals surface area contributed by atoms with E-state index in [0.29, 0.717) is 12.8 Å². The number of unbranched alkanes of at least 4 members (excludes halogenated alkanes) is 32. The highest BCUT2D eigenvalue weighted by Crippen LogP contribution is 2.33. The molecule has 0 radical (unpaired) electrons. The molecule has 3 rings (SSSR count). The fourth-order valence-electron chi connectivity index (χ4n) is 11.4. The smallest absolute Gasteiger partial charge is 0.220 e. The van der Waals surface area contributed by atoms with Crippen molar-refractivity contribution in [3.63, 3.8) is 0 Å². The van der Waals surface area contributed by atoms with E-state index in [-0.39, 0.29) is 18.9 Å². The lowest BCUT2D eigenvalue weighted by Crippen LogP contribution is -2.66. The number of aliphatic hydroxyl groups excluding tert-OH is 11. The fourth-order valence-corrected chi connectivity index (χ4v) is 11.4. The van der Waals surface area contributed by atoms with Gasteiger partial charge in [-0.2, -0.15) is 0 Å². The van der Waals surface area contributed by atoms with Crippen LogP contribution in [0.3, 0.4) is 0 Å². The lowest BCUT2D eigenvalue weighted by molar-refractivity contribution is -0.379. The minimum atomic E-state index is -1.97. The zero-order valence-corrected chi connectivity index (χ0v) is 50.7. The Labute approximate surface area is 493 Å². The second-order valence-corrected chi connectivity index (χ2v) is 23.9. The van der Waals surface area contributed by atoms with Gasteiger partial charge in [-0.05, 0) is 38.5 Å². The van der Waals surface area contributed by atoms with Gasteiger partial charge in [0.05, 0.1) is 38.6 Å². The van der Waals surface area contributed by atoms with Crippen molar-refractivity contribution in [2.24, 2.45) is 0 Å². The van der Waals surface area contributed by atoms with Gasteiger partial charge in [0.2, 0.25) is 5.91 Å². The van der Waals surface area contributed by atoms with Crippen LogP contribution in [0.1, 0.15) is 251 Å². The van der Waals surface area contributed by atoms with Gasteiger partial charge in [0.25, 0.3) is 0 Å². The molecule has 3 heterocycles. The van der Waals surface area contributed by atoms with Crippen molar-refractivity contribution in [1.29, 1.82) is 0 Å². The van der Waals surface area contributed by atoms with Gasteiger partial charge >= 0.3 is 0 Å². The van der Waals surface area contributed by atoms with Crippen LogP contribution in [-0.2, 0) is 33.2 Å². The van der Waals surface area contributed by atoms with Crippen LogP contribution in [0.5, 0.6) is 0 Å². The number of carbonyl (C=O) groups excluding carboxylic acids is 1. The first-order chi connectivity index (χ1) is 39.8. The first-order valence-corrected chi connectivity index (χ1v) is 32.9. The summed E-state index contributed by atoms with van der Waals surface area (Å²) in [5.74, 6) is -0.244. The molecule has 484 valence electrons. The molecule has 19 nitrogen and oxygen atoms in total. The maximum atomic E-state index is 13.3. The van der Waals surface area contributed by atoms with Crippen LogP contribution >= 0.6 is 0 Å². The Morgan fingerprint density at radius 3 is 1.18 bits per heavy atom. The molecule has 3 saturated heterocycles. The number of rotatable bonds is 50. The molecule has 0 aromatic rings. The van der Waals surface area contributed by atoms with Gasteiger partial charge in [-0.3, -0.25) is 4.79 Å².